The van der Waals surface area contributed by atoms with E-state index in [2.05, 4.69) is 25.6 Å². The van der Waals surface area contributed by atoms with Gasteiger partial charge in [0.05, 0.1) is 5.54 Å². The van der Waals surface area contributed by atoms with E-state index < -0.39 is 5.91 Å². The van der Waals surface area contributed by atoms with Crippen molar-refractivity contribution in [2.75, 3.05) is 5.32 Å². The summed E-state index contributed by atoms with van der Waals surface area (Å²) in [5.41, 5.74) is -0.588. The predicted octanol–water partition coefficient (Wildman–Crippen LogP) is 0.369. The molecule has 0 aliphatic rings. The van der Waals surface area contributed by atoms with Crippen molar-refractivity contribution in [3.63, 3.8) is 0 Å². The Morgan fingerprint density at radius 1 is 1.37 bits per heavy atom. The molecule has 2 heterocycles. The molecule has 19 heavy (non-hydrogen) atoms. The first kappa shape index (κ1) is 12.9. The number of nitrogens with zero attached hydrogens (tertiary/aromatic N) is 4. The highest BCUT2D eigenvalue weighted by Gasteiger charge is 2.18. The minimum Gasteiger partial charge on any atom is -0.302 e. The summed E-state index contributed by atoms with van der Waals surface area (Å²) in [6.45, 7) is 5.85. The van der Waals surface area contributed by atoms with Gasteiger partial charge in [0, 0.05) is 6.07 Å². The molecule has 0 fully saturated rings. The molecule has 1 amide bonds. The van der Waals surface area contributed by atoms with Crippen LogP contribution in [0.2, 0.25) is 0 Å². The van der Waals surface area contributed by atoms with E-state index in [0.717, 1.165) is 0 Å². The smallest absolute Gasteiger partial charge is 0.296 e. The van der Waals surface area contributed by atoms with Crippen LogP contribution in [0, 0.1) is 0 Å². The maximum Gasteiger partial charge on any atom is 0.296 e. The van der Waals surface area contributed by atoms with Crippen molar-refractivity contribution in [2.24, 2.45) is 0 Å². The molecule has 2 rings (SSSR count). The number of carbonyl (C=O) groups is 1. The van der Waals surface area contributed by atoms with E-state index in [1.54, 1.807) is 4.68 Å². The molecule has 0 aromatic carbocycles. The van der Waals surface area contributed by atoms with Gasteiger partial charge in [-0.3, -0.25) is 9.59 Å². The fourth-order valence-corrected chi connectivity index (χ4v) is 1.28. The molecule has 0 unspecified atom stereocenters. The molecule has 0 atom stereocenters. The van der Waals surface area contributed by atoms with Crippen LogP contribution < -0.4 is 10.9 Å². The molecule has 0 saturated heterocycles. The SMILES string of the molecule is CC(C)(C)n1cnc(C(=O)Nc2ccc(=O)[nH]n2)n1. The predicted molar refractivity (Wildman–Crippen MR) is 67.8 cm³/mol. The van der Waals surface area contributed by atoms with Gasteiger partial charge in [0.2, 0.25) is 5.82 Å². The fraction of sp³-hybridized carbons (Fsp3) is 0.364. The second-order valence-corrected chi connectivity index (χ2v) is 4.94. The van der Waals surface area contributed by atoms with E-state index in [0.29, 0.717) is 0 Å². The monoisotopic (exact) mass is 262 g/mol. The quantitative estimate of drug-likeness (QED) is 0.813. The second-order valence-electron chi connectivity index (χ2n) is 4.94. The van der Waals surface area contributed by atoms with Crippen LogP contribution in [0.1, 0.15) is 31.4 Å². The van der Waals surface area contributed by atoms with Gasteiger partial charge in [-0.05, 0) is 26.8 Å². The number of hydrogen-bond acceptors (Lipinski definition) is 5. The Labute approximate surface area is 108 Å². The molecule has 100 valence electrons. The van der Waals surface area contributed by atoms with Gasteiger partial charge in [-0.25, -0.2) is 14.8 Å². The molecule has 2 N–H and O–H groups in total. The van der Waals surface area contributed by atoms with Gasteiger partial charge in [-0.1, -0.05) is 0 Å². The van der Waals surface area contributed by atoms with Gasteiger partial charge in [-0.15, -0.1) is 5.10 Å². The standard InChI is InChI=1S/C11H14N6O2/c1-11(2,3)17-6-12-9(16-17)10(19)13-7-4-5-8(18)15-14-7/h4-6H,1-3H3,(H,15,18)(H,13,14,19). The molecular formula is C11H14N6O2. The number of anilines is 1. The Morgan fingerprint density at radius 3 is 2.63 bits per heavy atom. The third-order valence-electron chi connectivity index (χ3n) is 2.30. The highest BCUT2D eigenvalue weighted by Crippen LogP contribution is 2.11. The number of H-pyrrole nitrogens is 1. The molecule has 8 nitrogen and oxygen atoms in total. The van der Waals surface area contributed by atoms with Crippen molar-refractivity contribution in [3.8, 4) is 0 Å². The van der Waals surface area contributed by atoms with Crippen LogP contribution in [0.25, 0.3) is 0 Å². The van der Waals surface area contributed by atoms with Gasteiger partial charge in [0.1, 0.15) is 6.33 Å². The lowest BCUT2D eigenvalue weighted by atomic mass is 10.1. The summed E-state index contributed by atoms with van der Waals surface area (Å²) in [4.78, 5) is 26.6. The summed E-state index contributed by atoms with van der Waals surface area (Å²) in [6.07, 6.45) is 1.50. The first-order chi connectivity index (χ1) is 8.86. The molecule has 2 aromatic heterocycles. The molecule has 0 aliphatic heterocycles. The summed E-state index contributed by atoms with van der Waals surface area (Å²) >= 11 is 0. The van der Waals surface area contributed by atoms with Crippen molar-refractivity contribution in [3.05, 3.63) is 34.6 Å². The fourth-order valence-electron chi connectivity index (χ4n) is 1.28. The highest BCUT2D eigenvalue weighted by atomic mass is 16.2. The first-order valence-corrected chi connectivity index (χ1v) is 5.65. The van der Waals surface area contributed by atoms with Gasteiger partial charge >= 0.3 is 0 Å². The zero-order chi connectivity index (χ0) is 14.0. The Balaban J connectivity index is 2.14. The third-order valence-corrected chi connectivity index (χ3v) is 2.30. The van der Waals surface area contributed by atoms with E-state index in [1.165, 1.54) is 18.5 Å². The maximum absolute atomic E-state index is 11.9. The van der Waals surface area contributed by atoms with Crippen LogP contribution in [0.4, 0.5) is 5.82 Å². The zero-order valence-electron chi connectivity index (χ0n) is 10.8. The molecule has 8 heteroatoms. The first-order valence-electron chi connectivity index (χ1n) is 5.65. The van der Waals surface area contributed by atoms with Crippen LogP contribution in [-0.4, -0.2) is 30.9 Å². The Bertz CT molecular complexity index is 631. The normalized spacial score (nSPS) is 11.3. The number of carbonyl (C=O) groups excluding carboxylic acids is 1. The van der Waals surface area contributed by atoms with E-state index in [4.69, 9.17) is 0 Å². The van der Waals surface area contributed by atoms with Gasteiger partial charge in [0.15, 0.2) is 5.82 Å². The number of amides is 1. The van der Waals surface area contributed by atoms with Crippen molar-refractivity contribution < 1.29 is 4.79 Å². The molecule has 0 radical (unpaired) electrons. The summed E-state index contributed by atoms with van der Waals surface area (Å²) in [7, 11) is 0. The molecular weight excluding hydrogens is 248 g/mol. The van der Waals surface area contributed by atoms with Crippen LogP contribution in [-0.2, 0) is 5.54 Å². The van der Waals surface area contributed by atoms with Crippen molar-refractivity contribution in [1.29, 1.82) is 0 Å². The van der Waals surface area contributed by atoms with Gasteiger partial charge in [0.25, 0.3) is 11.5 Å². The van der Waals surface area contributed by atoms with Gasteiger partial charge < -0.3 is 5.32 Å². The summed E-state index contributed by atoms with van der Waals surface area (Å²) < 4.78 is 1.60. The minimum absolute atomic E-state index is 0.0444. The lowest BCUT2D eigenvalue weighted by molar-refractivity contribution is 0.101. The Morgan fingerprint density at radius 2 is 2.11 bits per heavy atom. The lowest BCUT2D eigenvalue weighted by Gasteiger charge is -2.17. The number of aromatic nitrogens is 5. The Kier molecular flexibility index (Phi) is 3.16. The van der Waals surface area contributed by atoms with E-state index in [1.807, 2.05) is 20.8 Å². The average Bonchev–Trinajstić information content (AvgIpc) is 2.81. The second kappa shape index (κ2) is 4.63. The molecule has 0 saturated carbocycles. The summed E-state index contributed by atoms with van der Waals surface area (Å²) in [6, 6.07) is 2.67. The summed E-state index contributed by atoms with van der Waals surface area (Å²) in [5, 5.41) is 12.5. The average molecular weight is 262 g/mol. The zero-order valence-corrected chi connectivity index (χ0v) is 10.8. The third kappa shape index (κ3) is 3.03. The van der Waals surface area contributed by atoms with Crippen molar-refractivity contribution in [2.45, 2.75) is 26.3 Å². The van der Waals surface area contributed by atoms with Crippen LogP contribution in [0.5, 0.6) is 0 Å². The molecule has 2 aromatic rings. The van der Waals surface area contributed by atoms with E-state index >= 15 is 0 Å². The largest absolute Gasteiger partial charge is 0.302 e. The van der Waals surface area contributed by atoms with Crippen molar-refractivity contribution >= 4 is 11.7 Å². The highest BCUT2D eigenvalue weighted by molar-refractivity contribution is 6.00. The van der Waals surface area contributed by atoms with Gasteiger partial charge in [-0.2, -0.15) is 5.10 Å². The minimum atomic E-state index is -0.484. The van der Waals surface area contributed by atoms with E-state index in [9.17, 15) is 9.59 Å². The van der Waals surface area contributed by atoms with E-state index in [-0.39, 0.29) is 22.7 Å². The lowest BCUT2D eigenvalue weighted by Crippen LogP contribution is -2.23. The number of rotatable bonds is 2. The number of hydrogen-bond donors (Lipinski definition) is 2. The maximum atomic E-state index is 11.9. The molecule has 0 aliphatic carbocycles. The van der Waals surface area contributed by atoms with Crippen LogP contribution >= 0.6 is 0 Å². The number of nitrogens with one attached hydrogen (secondary N) is 2. The van der Waals surface area contributed by atoms with Crippen LogP contribution in [0.15, 0.2) is 23.3 Å². The van der Waals surface area contributed by atoms with Crippen molar-refractivity contribution in [1.82, 2.24) is 25.0 Å². The summed E-state index contributed by atoms with van der Waals surface area (Å²) in [5.74, 6) is -0.206. The Hall–Kier alpha value is -2.51. The molecule has 0 bridgehead atoms. The number of aromatic amines is 1. The van der Waals surface area contributed by atoms with Crippen LogP contribution in [0.3, 0.4) is 0 Å². The topological polar surface area (TPSA) is 106 Å². The molecule has 0 spiro atoms.